The highest BCUT2D eigenvalue weighted by atomic mass is 32.2. The number of carbonyl (C=O) groups is 1. The van der Waals surface area contributed by atoms with Crippen molar-refractivity contribution in [2.45, 2.75) is 16.7 Å². The summed E-state index contributed by atoms with van der Waals surface area (Å²) in [5.74, 6) is -0.303. The Morgan fingerprint density at radius 3 is 2.61 bits per heavy atom. The average Bonchev–Trinajstić information content (AvgIpc) is 2.70. The number of aryl methyl sites for hydroxylation is 1. The predicted octanol–water partition coefficient (Wildman–Crippen LogP) is 3.12. The molecule has 1 aliphatic heterocycles. The Bertz CT molecular complexity index is 836. The summed E-state index contributed by atoms with van der Waals surface area (Å²) in [5.41, 5.74) is 1.36. The van der Waals surface area contributed by atoms with Crippen LogP contribution in [0.4, 0.5) is 5.69 Å². The standard InChI is InChI=1S/C20H23N3O4S/c1-15-2-5-17(6-3-15)28-19-7-4-16(14-18(19)23(25)26)20(24)21-8-9-22-10-12-27-13-11-22/h2-7,14H,8-13H2,1H3,(H,21,24). The van der Waals surface area contributed by atoms with Crippen LogP contribution in [0.3, 0.4) is 0 Å². The third-order valence-corrected chi connectivity index (χ3v) is 5.56. The van der Waals surface area contributed by atoms with Gasteiger partial charge in [0, 0.05) is 42.7 Å². The lowest BCUT2D eigenvalue weighted by molar-refractivity contribution is -0.387. The van der Waals surface area contributed by atoms with Crippen LogP contribution >= 0.6 is 11.8 Å². The summed E-state index contributed by atoms with van der Waals surface area (Å²) in [4.78, 5) is 27.1. The maximum absolute atomic E-state index is 12.4. The lowest BCUT2D eigenvalue weighted by atomic mass is 10.2. The van der Waals surface area contributed by atoms with Crippen molar-refractivity contribution in [3.05, 3.63) is 63.7 Å². The Morgan fingerprint density at radius 1 is 1.21 bits per heavy atom. The Morgan fingerprint density at radius 2 is 1.93 bits per heavy atom. The SMILES string of the molecule is Cc1ccc(Sc2ccc(C(=O)NCCN3CCOCC3)cc2[N+](=O)[O-])cc1. The quantitative estimate of drug-likeness (QED) is 0.567. The molecule has 0 radical (unpaired) electrons. The van der Waals surface area contributed by atoms with E-state index >= 15 is 0 Å². The van der Waals surface area contributed by atoms with Gasteiger partial charge in [-0.3, -0.25) is 19.8 Å². The van der Waals surface area contributed by atoms with Gasteiger partial charge in [0.2, 0.25) is 0 Å². The number of morpholine rings is 1. The minimum Gasteiger partial charge on any atom is -0.379 e. The van der Waals surface area contributed by atoms with Crippen molar-refractivity contribution in [1.29, 1.82) is 0 Å². The number of ether oxygens (including phenoxy) is 1. The van der Waals surface area contributed by atoms with Crippen LogP contribution in [-0.2, 0) is 4.74 Å². The van der Waals surface area contributed by atoms with Crippen molar-refractivity contribution in [3.63, 3.8) is 0 Å². The number of carbonyl (C=O) groups excluding carboxylic acids is 1. The Hall–Kier alpha value is -2.42. The molecule has 28 heavy (non-hydrogen) atoms. The van der Waals surface area contributed by atoms with E-state index in [1.54, 1.807) is 12.1 Å². The second-order valence-electron chi connectivity index (χ2n) is 6.56. The lowest BCUT2D eigenvalue weighted by Crippen LogP contribution is -2.41. The first kappa shape index (κ1) is 20.3. The van der Waals surface area contributed by atoms with Crippen LogP contribution in [0.15, 0.2) is 52.3 Å². The average molecular weight is 401 g/mol. The van der Waals surface area contributed by atoms with Crippen LogP contribution in [-0.4, -0.2) is 55.1 Å². The lowest BCUT2D eigenvalue weighted by Gasteiger charge is -2.26. The molecule has 0 aromatic heterocycles. The maximum atomic E-state index is 12.4. The predicted molar refractivity (Wildman–Crippen MR) is 108 cm³/mol. The topological polar surface area (TPSA) is 84.7 Å². The molecular formula is C20H23N3O4S. The largest absolute Gasteiger partial charge is 0.379 e. The maximum Gasteiger partial charge on any atom is 0.284 e. The van der Waals surface area contributed by atoms with Crippen LogP contribution in [0.1, 0.15) is 15.9 Å². The van der Waals surface area contributed by atoms with Crippen molar-refractivity contribution in [2.75, 3.05) is 39.4 Å². The summed E-state index contributed by atoms with van der Waals surface area (Å²) in [7, 11) is 0. The van der Waals surface area contributed by atoms with Gasteiger partial charge in [-0.15, -0.1) is 0 Å². The van der Waals surface area contributed by atoms with Crippen molar-refractivity contribution in [3.8, 4) is 0 Å². The Labute approximate surface area is 168 Å². The number of benzene rings is 2. The minimum atomic E-state index is -0.443. The molecule has 148 valence electrons. The van der Waals surface area contributed by atoms with Gasteiger partial charge in [-0.25, -0.2) is 0 Å². The molecule has 0 unspecified atom stereocenters. The monoisotopic (exact) mass is 401 g/mol. The summed E-state index contributed by atoms with van der Waals surface area (Å²) in [5, 5.41) is 14.3. The fourth-order valence-electron chi connectivity index (χ4n) is 2.88. The smallest absolute Gasteiger partial charge is 0.284 e. The van der Waals surface area contributed by atoms with E-state index in [9.17, 15) is 14.9 Å². The molecule has 1 aliphatic rings. The zero-order valence-corrected chi connectivity index (χ0v) is 16.5. The third kappa shape index (κ3) is 5.54. The van der Waals surface area contributed by atoms with Crippen LogP contribution in [0, 0.1) is 17.0 Å². The van der Waals surface area contributed by atoms with Crippen LogP contribution in [0.5, 0.6) is 0 Å². The highest BCUT2D eigenvalue weighted by Crippen LogP contribution is 2.35. The van der Waals surface area contributed by atoms with Crippen molar-refractivity contribution < 1.29 is 14.5 Å². The molecule has 0 bridgehead atoms. The van der Waals surface area contributed by atoms with Crippen LogP contribution in [0.25, 0.3) is 0 Å². The molecule has 1 amide bonds. The molecule has 8 heteroatoms. The van der Waals surface area contributed by atoms with Gasteiger partial charge in [0.25, 0.3) is 11.6 Å². The highest BCUT2D eigenvalue weighted by Gasteiger charge is 2.19. The summed E-state index contributed by atoms with van der Waals surface area (Å²) < 4.78 is 5.30. The van der Waals surface area contributed by atoms with Crippen molar-refractivity contribution >= 4 is 23.4 Å². The molecule has 1 heterocycles. The molecule has 0 spiro atoms. The normalized spacial score (nSPS) is 14.6. The summed E-state index contributed by atoms with van der Waals surface area (Å²) in [6.45, 7) is 6.34. The van der Waals surface area contributed by atoms with Crippen LogP contribution in [0.2, 0.25) is 0 Å². The Balaban J connectivity index is 1.64. The number of nitrogens with one attached hydrogen (secondary N) is 1. The van der Waals surface area contributed by atoms with Crippen molar-refractivity contribution in [2.24, 2.45) is 0 Å². The summed E-state index contributed by atoms with van der Waals surface area (Å²) in [6, 6.07) is 12.4. The van der Waals surface area contributed by atoms with Gasteiger partial charge < -0.3 is 10.1 Å². The number of nitro groups is 1. The van der Waals surface area contributed by atoms with E-state index in [1.165, 1.54) is 17.8 Å². The first-order valence-corrected chi connectivity index (χ1v) is 9.96. The molecule has 1 saturated heterocycles. The fraction of sp³-hybridized carbons (Fsp3) is 0.350. The fourth-order valence-corrected chi connectivity index (χ4v) is 3.78. The number of nitro benzene ring substituents is 1. The van der Waals surface area contributed by atoms with E-state index in [2.05, 4.69) is 10.2 Å². The molecule has 7 nitrogen and oxygen atoms in total. The number of hydrogen-bond acceptors (Lipinski definition) is 6. The molecular weight excluding hydrogens is 378 g/mol. The molecule has 2 aromatic carbocycles. The van der Waals surface area contributed by atoms with Gasteiger partial charge in [0.1, 0.15) is 0 Å². The number of amides is 1. The third-order valence-electron chi connectivity index (χ3n) is 4.48. The van der Waals surface area contributed by atoms with E-state index in [0.717, 1.165) is 30.1 Å². The second-order valence-corrected chi connectivity index (χ2v) is 7.68. The zero-order chi connectivity index (χ0) is 19.9. The van der Waals surface area contributed by atoms with E-state index in [-0.39, 0.29) is 11.6 Å². The van der Waals surface area contributed by atoms with E-state index < -0.39 is 4.92 Å². The molecule has 0 saturated carbocycles. The van der Waals surface area contributed by atoms with Gasteiger partial charge in [-0.1, -0.05) is 29.5 Å². The van der Waals surface area contributed by atoms with E-state index in [1.807, 2.05) is 31.2 Å². The van der Waals surface area contributed by atoms with E-state index in [0.29, 0.717) is 30.2 Å². The zero-order valence-electron chi connectivity index (χ0n) is 15.7. The van der Waals surface area contributed by atoms with E-state index in [4.69, 9.17) is 4.74 Å². The molecule has 0 atom stereocenters. The molecule has 1 N–H and O–H groups in total. The molecule has 2 aromatic rings. The van der Waals surface area contributed by atoms with Gasteiger partial charge in [-0.05, 0) is 31.2 Å². The Kier molecular flexibility index (Phi) is 7.02. The van der Waals surface area contributed by atoms with Gasteiger partial charge in [0.15, 0.2) is 0 Å². The number of rotatable bonds is 7. The summed E-state index contributed by atoms with van der Waals surface area (Å²) >= 11 is 1.32. The van der Waals surface area contributed by atoms with Crippen LogP contribution < -0.4 is 5.32 Å². The molecule has 1 fully saturated rings. The van der Waals surface area contributed by atoms with Gasteiger partial charge in [0.05, 0.1) is 23.0 Å². The summed E-state index contributed by atoms with van der Waals surface area (Å²) in [6.07, 6.45) is 0. The first-order chi connectivity index (χ1) is 13.5. The van der Waals surface area contributed by atoms with Gasteiger partial charge >= 0.3 is 0 Å². The highest BCUT2D eigenvalue weighted by molar-refractivity contribution is 7.99. The first-order valence-electron chi connectivity index (χ1n) is 9.14. The molecule has 0 aliphatic carbocycles. The van der Waals surface area contributed by atoms with Crippen molar-refractivity contribution in [1.82, 2.24) is 10.2 Å². The number of hydrogen-bond donors (Lipinski definition) is 1. The van der Waals surface area contributed by atoms with Gasteiger partial charge in [-0.2, -0.15) is 0 Å². The second kappa shape index (κ2) is 9.68. The molecule has 3 rings (SSSR count). The minimum absolute atomic E-state index is 0.0635. The number of nitrogens with zero attached hydrogens (tertiary/aromatic N) is 2.